The molecular formula is C19H22N4O4S. The maximum Gasteiger partial charge on any atom is 0.276 e. The molecule has 0 aliphatic carbocycles. The zero-order valence-corrected chi connectivity index (χ0v) is 16.8. The lowest BCUT2D eigenvalue weighted by atomic mass is 10.1. The highest BCUT2D eigenvalue weighted by Crippen LogP contribution is 2.21. The Labute approximate surface area is 163 Å². The molecule has 1 aromatic carbocycles. The van der Waals surface area contributed by atoms with Crippen LogP contribution in [0, 0.1) is 6.92 Å². The van der Waals surface area contributed by atoms with Crippen molar-refractivity contribution in [3.05, 3.63) is 53.9 Å². The molecule has 3 rings (SSSR count). The van der Waals surface area contributed by atoms with E-state index in [1.54, 1.807) is 45.0 Å². The third-order valence-electron chi connectivity index (χ3n) is 3.66. The van der Waals surface area contributed by atoms with Crippen LogP contribution in [0.25, 0.3) is 11.5 Å². The molecule has 148 valence electrons. The van der Waals surface area contributed by atoms with Gasteiger partial charge in [0, 0.05) is 17.3 Å². The fraction of sp³-hybridized carbons (Fsp3) is 0.263. The number of aromatic nitrogens is 2. The van der Waals surface area contributed by atoms with Crippen molar-refractivity contribution in [2.24, 2.45) is 0 Å². The molecule has 0 bridgehead atoms. The van der Waals surface area contributed by atoms with Crippen molar-refractivity contribution in [2.75, 3.05) is 5.32 Å². The number of sulfonamides is 1. The molecule has 0 spiro atoms. The maximum absolute atomic E-state index is 12.5. The number of rotatable bonds is 5. The summed E-state index contributed by atoms with van der Waals surface area (Å²) in [4.78, 5) is 12.5. The molecule has 2 heterocycles. The van der Waals surface area contributed by atoms with Crippen molar-refractivity contribution in [1.29, 1.82) is 0 Å². The minimum atomic E-state index is -3.71. The van der Waals surface area contributed by atoms with Crippen LogP contribution in [0.2, 0.25) is 0 Å². The fourth-order valence-corrected chi connectivity index (χ4v) is 4.01. The van der Waals surface area contributed by atoms with Crippen LogP contribution >= 0.6 is 0 Å². The lowest BCUT2D eigenvalue weighted by Gasteiger charge is -2.20. The average Bonchev–Trinajstić information content (AvgIpc) is 3.21. The number of amides is 1. The molecule has 9 heteroatoms. The zero-order valence-electron chi connectivity index (χ0n) is 16.0. The van der Waals surface area contributed by atoms with Gasteiger partial charge in [0.1, 0.15) is 11.5 Å². The number of hydrogen-bond donors (Lipinski definition) is 3. The van der Waals surface area contributed by atoms with Gasteiger partial charge in [-0.2, -0.15) is 5.10 Å². The monoisotopic (exact) mass is 402 g/mol. The van der Waals surface area contributed by atoms with Crippen LogP contribution in [0.5, 0.6) is 0 Å². The number of furan rings is 1. The number of nitrogens with zero attached hydrogens (tertiary/aromatic N) is 1. The van der Waals surface area contributed by atoms with Gasteiger partial charge in [-0.25, -0.2) is 13.1 Å². The number of H-pyrrole nitrogens is 1. The van der Waals surface area contributed by atoms with E-state index in [0.717, 1.165) is 5.76 Å². The number of anilines is 1. The minimum absolute atomic E-state index is 0.0639. The van der Waals surface area contributed by atoms with E-state index in [9.17, 15) is 13.2 Å². The Morgan fingerprint density at radius 2 is 1.89 bits per heavy atom. The van der Waals surface area contributed by atoms with Crippen LogP contribution < -0.4 is 10.0 Å². The molecule has 0 saturated carbocycles. The number of aromatic amines is 1. The van der Waals surface area contributed by atoms with Gasteiger partial charge in [0.2, 0.25) is 10.0 Å². The first-order valence-corrected chi connectivity index (χ1v) is 10.1. The summed E-state index contributed by atoms with van der Waals surface area (Å²) in [5.41, 5.74) is 0.461. The molecule has 8 nitrogen and oxygen atoms in total. The first kappa shape index (κ1) is 19.8. The van der Waals surface area contributed by atoms with Crippen molar-refractivity contribution in [3.8, 4) is 11.5 Å². The zero-order chi connectivity index (χ0) is 20.5. The Hall–Kier alpha value is -2.91. The standard InChI is InChI=1S/C19H22N4O4S/c1-12-8-9-17(27-12)15-11-16(22-21-15)18(24)20-13-6-5-7-14(10-13)28(25,26)23-19(2,3)4/h5-11,23H,1-4H3,(H,20,24)(H,21,22). The predicted octanol–water partition coefficient (Wildman–Crippen LogP) is 3.31. The van der Waals surface area contributed by atoms with Crippen LogP contribution in [-0.4, -0.2) is 30.1 Å². The second-order valence-corrected chi connectivity index (χ2v) is 9.10. The second-order valence-electron chi connectivity index (χ2n) is 7.41. The summed E-state index contributed by atoms with van der Waals surface area (Å²) in [5, 5.41) is 9.40. The van der Waals surface area contributed by atoms with E-state index in [-0.39, 0.29) is 10.6 Å². The van der Waals surface area contributed by atoms with Crippen LogP contribution in [-0.2, 0) is 10.0 Å². The van der Waals surface area contributed by atoms with Crippen LogP contribution in [0.3, 0.4) is 0 Å². The molecule has 0 aliphatic rings. The van der Waals surface area contributed by atoms with E-state index in [0.29, 0.717) is 17.1 Å². The number of aryl methyl sites for hydroxylation is 1. The molecule has 0 unspecified atom stereocenters. The van der Waals surface area contributed by atoms with Gasteiger partial charge in [-0.15, -0.1) is 0 Å². The van der Waals surface area contributed by atoms with Crippen molar-refractivity contribution in [1.82, 2.24) is 14.9 Å². The number of nitrogens with one attached hydrogen (secondary N) is 3. The Morgan fingerprint density at radius 1 is 1.14 bits per heavy atom. The molecular weight excluding hydrogens is 380 g/mol. The van der Waals surface area contributed by atoms with E-state index >= 15 is 0 Å². The van der Waals surface area contributed by atoms with Gasteiger partial charge in [0.15, 0.2) is 11.5 Å². The summed E-state index contributed by atoms with van der Waals surface area (Å²) in [6, 6.07) is 11.2. The summed E-state index contributed by atoms with van der Waals surface area (Å²) in [6.45, 7) is 7.09. The van der Waals surface area contributed by atoms with Crippen molar-refractivity contribution in [2.45, 2.75) is 38.1 Å². The summed E-state index contributed by atoms with van der Waals surface area (Å²) >= 11 is 0. The van der Waals surface area contributed by atoms with Gasteiger partial charge in [-0.1, -0.05) is 6.07 Å². The predicted molar refractivity (Wildman–Crippen MR) is 105 cm³/mol. The Bertz CT molecular complexity index is 1110. The van der Waals surface area contributed by atoms with Gasteiger partial charge in [0.05, 0.1) is 4.90 Å². The van der Waals surface area contributed by atoms with E-state index in [4.69, 9.17) is 4.42 Å². The molecule has 2 aromatic heterocycles. The number of hydrogen-bond acceptors (Lipinski definition) is 5. The highest BCUT2D eigenvalue weighted by atomic mass is 32.2. The number of carbonyl (C=O) groups is 1. The first-order chi connectivity index (χ1) is 13.0. The molecule has 0 fully saturated rings. The summed E-state index contributed by atoms with van der Waals surface area (Å²) in [5.74, 6) is 0.854. The Balaban J connectivity index is 1.77. The third kappa shape index (κ3) is 4.68. The average molecular weight is 402 g/mol. The molecule has 1 amide bonds. The van der Waals surface area contributed by atoms with E-state index in [2.05, 4.69) is 20.2 Å². The second kappa shape index (κ2) is 7.25. The summed E-state index contributed by atoms with van der Waals surface area (Å²) < 4.78 is 33.0. The van der Waals surface area contributed by atoms with Gasteiger partial charge in [-0.3, -0.25) is 9.89 Å². The molecule has 28 heavy (non-hydrogen) atoms. The topological polar surface area (TPSA) is 117 Å². The normalized spacial score (nSPS) is 12.1. The van der Waals surface area contributed by atoms with Crippen molar-refractivity contribution < 1.29 is 17.6 Å². The molecule has 0 saturated heterocycles. The van der Waals surface area contributed by atoms with Crippen molar-refractivity contribution >= 4 is 21.6 Å². The van der Waals surface area contributed by atoms with Gasteiger partial charge >= 0.3 is 0 Å². The maximum atomic E-state index is 12.5. The summed E-state index contributed by atoms with van der Waals surface area (Å²) in [6.07, 6.45) is 0. The summed E-state index contributed by atoms with van der Waals surface area (Å²) in [7, 11) is -3.71. The van der Waals surface area contributed by atoms with Crippen LogP contribution in [0.1, 0.15) is 37.0 Å². The van der Waals surface area contributed by atoms with E-state index in [1.165, 1.54) is 12.1 Å². The molecule has 0 radical (unpaired) electrons. The Kier molecular flexibility index (Phi) is 5.14. The van der Waals surface area contributed by atoms with Gasteiger partial charge < -0.3 is 9.73 Å². The van der Waals surface area contributed by atoms with Crippen molar-refractivity contribution in [3.63, 3.8) is 0 Å². The van der Waals surface area contributed by atoms with Crippen LogP contribution in [0.15, 0.2) is 51.8 Å². The smallest absolute Gasteiger partial charge is 0.276 e. The SMILES string of the molecule is Cc1ccc(-c2cc(C(=O)Nc3cccc(S(=O)(=O)NC(C)(C)C)c3)n[nH]2)o1. The highest BCUT2D eigenvalue weighted by Gasteiger charge is 2.22. The molecule has 0 aliphatic heterocycles. The first-order valence-electron chi connectivity index (χ1n) is 8.61. The molecule has 3 aromatic rings. The molecule has 3 N–H and O–H groups in total. The lowest BCUT2D eigenvalue weighted by Crippen LogP contribution is -2.40. The fourth-order valence-electron chi connectivity index (χ4n) is 2.54. The molecule has 0 atom stereocenters. The van der Waals surface area contributed by atoms with E-state index < -0.39 is 21.5 Å². The largest absolute Gasteiger partial charge is 0.460 e. The highest BCUT2D eigenvalue weighted by molar-refractivity contribution is 7.89. The minimum Gasteiger partial charge on any atom is -0.460 e. The van der Waals surface area contributed by atoms with Gasteiger partial charge in [0.25, 0.3) is 5.91 Å². The lowest BCUT2D eigenvalue weighted by molar-refractivity contribution is 0.102. The number of benzene rings is 1. The third-order valence-corrected chi connectivity index (χ3v) is 5.41. The van der Waals surface area contributed by atoms with Crippen LogP contribution in [0.4, 0.5) is 5.69 Å². The Morgan fingerprint density at radius 3 is 2.54 bits per heavy atom. The van der Waals surface area contributed by atoms with Gasteiger partial charge in [-0.05, 0) is 58.0 Å². The van der Waals surface area contributed by atoms with E-state index in [1.807, 2.05) is 13.0 Å². The number of carbonyl (C=O) groups excluding carboxylic acids is 1. The quantitative estimate of drug-likeness (QED) is 0.605.